The standard InChI is InChI=1S/C13H28N2O3/c1-11(10-17-6)9-14-7-8-15(5)12(16)18-13(2,3)4/h11,14H,7-10H2,1-6H3. The van der Waals surface area contributed by atoms with E-state index in [0.29, 0.717) is 12.5 Å². The molecule has 0 aliphatic carbocycles. The summed E-state index contributed by atoms with van der Waals surface area (Å²) >= 11 is 0. The van der Waals surface area contributed by atoms with Crippen molar-refractivity contribution in [3.8, 4) is 0 Å². The maximum atomic E-state index is 11.6. The van der Waals surface area contributed by atoms with Crippen molar-refractivity contribution in [1.82, 2.24) is 10.2 Å². The molecule has 0 aliphatic heterocycles. The number of methoxy groups -OCH3 is 1. The monoisotopic (exact) mass is 260 g/mol. The molecule has 0 aliphatic rings. The third-order valence-corrected chi connectivity index (χ3v) is 2.27. The molecule has 1 amide bonds. The molecule has 0 bridgehead atoms. The lowest BCUT2D eigenvalue weighted by atomic mass is 10.2. The van der Waals surface area contributed by atoms with Gasteiger partial charge in [-0.25, -0.2) is 4.79 Å². The van der Waals surface area contributed by atoms with Gasteiger partial charge in [0.1, 0.15) is 5.60 Å². The Hall–Kier alpha value is -0.810. The fourth-order valence-corrected chi connectivity index (χ4v) is 1.37. The van der Waals surface area contributed by atoms with Gasteiger partial charge in [0.2, 0.25) is 0 Å². The van der Waals surface area contributed by atoms with Gasteiger partial charge in [0.05, 0.1) is 0 Å². The van der Waals surface area contributed by atoms with Crippen LogP contribution in [0.25, 0.3) is 0 Å². The zero-order valence-corrected chi connectivity index (χ0v) is 12.6. The fraction of sp³-hybridized carbons (Fsp3) is 0.923. The predicted molar refractivity (Wildman–Crippen MR) is 72.8 cm³/mol. The molecule has 0 rings (SSSR count). The molecular formula is C13H28N2O3. The van der Waals surface area contributed by atoms with Crippen LogP contribution in [0.2, 0.25) is 0 Å². The molecule has 0 heterocycles. The number of hydrogen-bond acceptors (Lipinski definition) is 4. The van der Waals surface area contributed by atoms with Crippen LogP contribution in [0, 0.1) is 5.92 Å². The first kappa shape index (κ1) is 17.2. The van der Waals surface area contributed by atoms with Gasteiger partial charge in [0.25, 0.3) is 0 Å². The van der Waals surface area contributed by atoms with Crippen LogP contribution in [-0.4, -0.2) is 57.0 Å². The number of hydrogen-bond donors (Lipinski definition) is 1. The van der Waals surface area contributed by atoms with Gasteiger partial charge in [-0.3, -0.25) is 0 Å². The lowest BCUT2D eigenvalue weighted by Gasteiger charge is -2.24. The van der Waals surface area contributed by atoms with Crippen molar-refractivity contribution in [2.24, 2.45) is 5.92 Å². The van der Waals surface area contributed by atoms with Gasteiger partial charge in [0, 0.05) is 33.9 Å². The zero-order chi connectivity index (χ0) is 14.2. The normalized spacial score (nSPS) is 13.2. The largest absolute Gasteiger partial charge is 0.444 e. The van der Waals surface area contributed by atoms with Crippen molar-refractivity contribution in [3.05, 3.63) is 0 Å². The molecule has 0 aromatic rings. The number of ether oxygens (including phenoxy) is 2. The third-order valence-electron chi connectivity index (χ3n) is 2.27. The van der Waals surface area contributed by atoms with Crippen LogP contribution in [-0.2, 0) is 9.47 Å². The molecule has 0 saturated carbocycles. The van der Waals surface area contributed by atoms with E-state index in [4.69, 9.17) is 9.47 Å². The summed E-state index contributed by atoms with van der Waals surface area (Å²) in [5.74, 6) is 0.474. The minimum absolute atomic E-state index is 0.283. The Balaban J connectivity index is 3.70. The van der Waals surface area contributed by atoms with Gasteiger partial charge in [-0.05, 0) is 33.2 Å². The highest BCUT2D eigenvalue weighted by atomic mass is 16.6. The molecule has 5 nitrogen and oxygen atoms in total. The summed E-state index contributed by atoms with van der Waals surface area (Å²) in [7, 11) is 3.45. The third kappa shape index (κ3) is 9.24. The highest BCUT2D eigenvalue weighted by Crippen LogP contribution is 2.08. The average molecular weight is 260 g/mol. The van der Waals surface area contributed by atoms with E-state index in [1.807, 2.05) is 20.8 Å². The van der Waals surface area contributed by atoms with Crippen LogP contribution < -0.4 is 5.32 Å². The highest BCUT2D eigenvalue weighted by molar-refractivity contribution is 5.67. The summed E-state index contributed by atoms with van der Waals surface area (Å²) in [6.45, 7) is 10.7. The Morgan fingerprint density at radius 1 is 1.39 bits per heavy atom. The van der Waals surface area contributed by atoms with Gasteiger partial charge in [-0.2, -0.15) is 0 Å². The van der Waals surface area contributed by atoms with Crippen LogP contribution in [0.15, 0.2) is 0 Å². The number of amides is 1. The minimum atomic E-state index is -0.439. The Bertz CT molecular complexity index is 239. The maximum Gasteiger partial charge on any atom is 0.410 e. The zero-order valence-electron chi connectivity index (χ0n) is 12.6. The van der Waals surface area contributed by atoms with Crippen molar-refractivity contribution in [2.75, 3.05) is 40.4 Å². The van der Waals surface area contributed by atoms with Gasteiger partial charge < -0.3 is 19.7 Å². The molecule has 0 saturated heterocycles. The number of likely N-dealkylation sites (N-methyl/N-ethyl adjacent to an activating group) is 1. The van der Waals surface area contributed by atoms with Crippen LogP contribution in [0.1, 0.15) is 27.7 Å². The molecule has 1 atom stereocenters. The molecule has 0 aromatic heterocycles. The first-order valence-corrected chi connectivity index (χ1v) is 6.40. The number of nitrogens with zero attached hydrogens (tertiary/aromatic N) is 1. The lowest BCUT2D eigenvalue weighted by Crippen LogP contribution is -2.38. The van der Waals surface area contributed by atoms with Crippen molar-refractivity contribution in [2.45, 2.75) is 33.3 Å². The van der Waals surface area contributed by atoms with Gasteiger partial charge >= 0.3 is 6.09 Å². The van der Waals surface area contributed by atoms with Crippen molar-refractivity contribution in [1.29, 1.82) is 0 Å². The van der Waals surface area contributed by atoms with Crippen LogP contribution in [0.4, 0.5) is 4.79 Å². The number of carbonyl (C=O) groups excluding carboxylic acids is 1. The number of rotatable bonds is 7. The van der Waals surface area contributed by atoms with E-state index in [1.54, 1.807) is 19.1 Å². The fourth-order valence-electron chi connectivity index (χ4n) is 1.37. The van der Waals surface area contributed by atoms with Gasteiger partial charge in [-0.1, -0.05) is 6.92 Å². The SMILES string of the molecule is COCC(C)CNCCN(C)C(=O)OC(C)(C)C. The van der Waals surface area contributed by atoms with E-state index >= 15 is 0 Å². The van der Waals surface area contributed by atoms with Crippen LogP contribution >= 0.6 is 0 Å². The summed E-state index contributed by atoms with van der Waals surface area (Å²) in [5, 5.41) is 3.29. The average Bonchev–Trinajstić information content (AvgIpc) is 2.22. The first-order valence-electron chi connectivity index (χ1n) is 6.40. The minimum Gasteiger partial charge on any atom is -0.444 e. The molecule has 1 N–H and O–H groups in total. The molecule has 0 spiro atoms. The summed E-state index contributed by atoms with van der Waals surface area (Å²) in [5.41, 5.74) is -0.439. The second-order valence-electron chi connectivity index (χ2n) is 5.67. The molecule has 108 valence electrons. The molecular weight excluding hydrogens is 232 g/mol. The van der Waals surface area contributed by atoms with Gasteiger partial charge in [-0.15, -0.1) is 0 Å². The second-order valence-corrected chi connectivity index (χ2v) is 5.67. The number of nitrogens with one attached hydrogen (secondary N) is 1. The summed E-state index contributed by atoms with van der Waals surface area (Å²) < 4.78 is 10.3. The topological polar surface area (TPSA) is 50.8 Å². The quantitative estimate of drug-likeness (QED) is 0.708. The van der Waals surface area contributed by atoms with E-state index < -0.39 is 5.60 Å². The Kier molecular flexibility index (Phi) is 7.95. The molecule has 0 radical (unpaired) electrons. The summed E-state index contributed by atoms with van der Waals surface area (Å²) in [6, 6.07) is 0. The molecule has 18 heavy (non-hydrogen) atoms. The summed E-state index contributed by atoms with van der Waals surface area (Å²) in [4.78, 5) is 13.2. The Morgan fingerprint density at radius 2 is 2.00 bits per heavy atom. The first-order chi connectivity index (χ1) is 8.26. The van der Waals surface area contributed by atoms with E-state index in [-0.39, 0.29) is 6.09 Å². The van der Waals surface area contributed by atoms with Crippen molar-refractivity contribution in [3.63, 3.8) is 0 Å². The predicted octanol–water partition coefficient (Wildman–Crippen LogP) is 1.73. The second kappa shape index (κ2) is 8.32. The Morgan fingerprint density at radius 3 is 2.50 bits per heavy atom. The number of carbonyl (C=O) groups is 1. The maximum absolute atomic E-state index is 11.6. The van der Waals surface area contributed by atoms with Crippen molar-refractivity contribution >= 4 is 6.09 Å². The van der Waals surface area contributed by atoms with Crippen LogP contribution in [0.3, 0.4) is 0 Å². The van der Waals surface area contributed by atoms with Crippen LogP contribution in [0.5, 0.6) is 0 Å². The molecule has 0 fully saturated rings. The smallest absolute Gasteiger partial charge is 0.410 e. The van der Waals surface area contributed by atoms with E-state index in [0.717, 1.165) is 19.7 Å². The molecule has 0 aromatic carbocycles. The molecule has 1 unspecified atom stereocenters. The van der Waals surface area contributed by atoms with Gasteiger partial charge in [0.15, 0.2) is 0 Å². The van der Waals surface area contributed by atoms with E-state index in [9.17, 15) is 4.79 Å². The van der Waals surface area contributed by atoms with E-state index in [1.165, 1.54) is 0 Å². The highest BCUT2D eigenvalue weighted by Gasteiger charge is 2.19. The summed E-state index contributed by atoms with van der Waals surface area (Å²) in [6.07, 6.45) is -0.283. The lowest BCUT2D eigenvalue weighted by molar-refractivity contribution is 0.0300. The Labute approximate surface area is 111 Å². The molecule has 5 heteroatoms. The van der Waals surface area contributed by atoms with E-state index in [2.05, 4.69) is 12.2 Å². The van der Waals surface area contributed by atoms with Crippen molar-refractivity contribution < 1.29 is 14.3 Å².